The smallest absolute Gasteiger partial charge is 0.220 e. The van der Waals surface area contributed by atoms with E-state index in [0.29, 0.717) is 0 Å². The van der Waals surface area contributed by atoms with E-state index in [9.17, 15) is 0 Å². The van der Waals surface area contributed by atoms with Crippen molar-refractivity contribution >= 4 is 5.95 Å². The molecule has 0 fully saturated rings. The maximum atomic E-state index is 6.04. The standard InChI is InChI=1S/C16H16N4O/c1-12(13-8-9-18-16(17)19-13)21-15-7-3-2-6-14(15)20-10-4-5-11-20/h2-12H,1H3,(H2,17,18,19)/t12-/m0/s1. The van der Waals surface area contributed by atoms with Crippen LogP contribution in [0.5, 0.6) is 5.75 Å². The summed E-state index contributed by atoms with van der Waals surface area (Å²) in [5.41, 5.74) is 7.35. The second kappa shape index (κ2) is 5.66. The first-order valence-corrected chi connectivity index (χ1v) is 6.71. The van der Waals surface area contributed by atoms with Gasteiger partial charge in [0.1, 0.15) is 11.9 Å². The first kappa shape index (κ1) is 13.2. The molecule has 5 heteroatoms. The lowest BCUT2D eigenvalue weighted by molar-refractivity contribution is 0.221. The second-order valence-electron chi connectivity index (χ2n) is 4.66. The van der Waals surface area contributed by atoms with Crippen LogP contribution < -0.4 is 10.5 Å². The molecule has 5 nitrogen and oxygen atoms in total. The highest BCUT2D eigenvalue weighted by atomic mass is 16.5. The van der Waals surface area contributed by atoms with Crippen LogP contribution >= 0.6 is 0 Å². The van der Waals surface area contributed by atoms with Gasteiger partial charge < -0.3 is 15.0 Å². The molecule has 2 aromatic heterocycles. The average molecular weight is 280 g/mol. The fraction of sp³-hybridized carbons (Fsp3) is 0.125. The number of aromatic nitrogens is 3. The zero-order valence-electron chi connectivity index (χ0n) is 11.7. The Morgan fingerprint density at radius 1 is 1.10 bits per heavy atom. The van der Waals surface area contributed by atoms with Crippen LogP contribution in [0.25, 0.3) is 5.69 Å². The Hall–Kier alpha value is -2.82. The molecule has 2 N–H and O–H groups in total. The van der Waals surface area contributed by atoms with E-state index in [2.05, 4.69) is 9.97 Å². The molecule has 2 heterocycles. The van der Waals surface area contributed by atoms with Crippen molar-refractivity contribution in [2.75, 3.05) is 5.73 Å². The molecule has 106 valence electrons. The van der Waals surface area contributed by atoms with Crippen LogP contribution in [0.3, 0.4) is 0 Å². The van der Waals surface area contributed by atoms with Gasteiger partial charge in [0.15, 0.2) is 0 Å². The number of rotatable bonds is 4. The fourth-order valence-electron chi connectivity index (χ4n) is 2.13. The summed E-state index contributed by atoms with van der Waals surface area (Å²) in [6.45, 7) is 1.94. The number of ether oxygens (including phenoxy) is 1. The lowest BCUT2D eigenvalue weighted by Gasteiger charge is -2.17. The van der Waals surface area contributed by atoms with E-state index in [0.717, 1.165) is 17.1 Å². The summed E-state index contributed by atoms with van der Waals surface area (Å²) in [7, 11) is 0. The fourth-order valence-corrected chi connectivity index (χ4v) is 2.13. The van der Waals surface area contributed by atoms with Crippen LogP contribution in [0.15, 0.2) is 61.1 Å². The molecule has 0 saturated heterocycles. The first-order chi connectivity index (χ1) is 10.2. The predicted octanol–water partition coefficient (Wildman–Crippen LogP) is 2.99. The van der Waals surface area contributed by atoms with Gasteiger partial charge in [-0.15, -0.1) is 0 Å². The third-order valence-electron chi connectivity index (χ3n) is 3.16. The van der Waals surface area contributed by atoms with E-state index in [4.69, 9.17) is 10.5 Å². The van der Waals surface area contributed by atoms with E-state index in [1.54, 1.807) is 12.3 Å². The summed E-state index contributed by atoms with van der Waals surface area (Å²) in [5, 5.41) is 0. The monoisotopic (exact) mass is 280 g/mol. The number of hydrogen-bond donors (Lipinski definition) is 1. The SMILES string of the molecule is C[C@H](Oc1ccccc1-n1cccc1)c1ccnc(N)n1. The van der Waals surface area contributed by atoms with Crippen LogP contribution in [-0.2, 0) is 0 Å². The normalized spacial score (nSPS) is 12.0. The molecule has 3 rings (SSSR count). The Balaban J connectivity index is 1.88. The van der Waals surface area contributed by atoms with Gasteiger partial charge in [0.05, 0.1) is 11.4 Å². The van der Waals surface area contributed by atoms with Crippen molar-refractivity contribution in [3.05, 3.63) is 66.7 Å². The quantitative estimate of drug-likeness (QED) is 0.798. The molecule has 0 aliphatic rings. The largest absolute Gasteiger partial charge is 0.482 e. The van der Waals surface area contributed by atoms with Gasteiger partial charge in [-0.2, -0.15) is 0 Å². The van der Waals surface area contributed by atoms with E-state index in [-0.39, 0.29) is 12.1 Å². The second-order valence-corrected chi connectivity index (χ2v) is 4.66. The first-order valence-electron chi connectivity index (χ1n) is 6.71. The summed E-state index contributed by atoms with van der Waals surface area (Å²) < 4.78 is 8.05. The van der Waals surface area contributed by atoms with Crippen LogP contribution in [0, 0.1) is 0 Å². The van der Waals surface area contributed by atoms with Crippen molar-refractivity contribution in [2.24, 2.45) is 0 Å². The van der Waals surface area contributed by atoms with Gasteiger partial charge in [0.25, 0.3) is 0 Å². The third kappa shape index (κ3) is 2.86. The molecule has 0 bridgehead atoms. The summed E-state index contributed by atoms with van der Waals surface area (Å²) in [6.07, 6.45) is 5.38. The molecular formula is C16H16N4O. The predicted molar refractivity (Wildman–Crippen MR) is 81.3 cm³/mol. The van der Waals surface area contributed by atoms with Crippen molar-refractivity contribution in [2.45, 2.75) is 13.0 Å². The van der Waals surface area contributed by atoms with Crippen molar-refractivity contribution in [3.8, 4) is 11.4 Å². The minimum absolute atomic E-state index is 0.216. The van der Waals surface area contributed by atoms with E-state index < -0.39 is 0 Å². The zero-order valence-corrected chi connectivity index (χ0v) is 11.7. The van der Waals surface area contributed by atoms with E-state index >= 15 is 0 Å². The molecule has 1 aromatic carbocycles. The number of nitrogens with zero attached hydrogens (tertiary/aromatic N) is 3. The number of benzene rings is 1. The molecule has 0 saturated carbocycles. The highest BCUT2D eigenvalue weighted by molar-refractivity contribution is 5.47. The lowest BCUT2D eigenvalue weighted by Crippen LogP contribution is -2.09. The molecule has 0 amide bonds. The molecule has 0 aliphatic carbocycles. The highest BCUT2D eigenvalue weighted by Gasteiger charge is 2.12. The summed E-state index contributed by atoms with van der Waals surface area (Å²) in [4.78, 5) is 8.09. The summed E-state index contributed by atoms with van der Waals surface area (Å²) in [6, 6.07) is 13.6. The molecule has 0 aliphatic heterocycles. The Labute approximate surface area is 123 Å². The Bertz CT molecular complexity index is 725. The Kier molecular flexibility index (Phi) is 3.55. The van der Waals surface area contributed by atoms with Gasteiger partial charge in [-0.25, -0.2) is 9.97 Å². The topological polar surface area (TPSA) is 66.0 Å². The van der Waals surface area contributed by atoms with Gasteiger partial charge in [0, 0.05) is 18.6 Å². The van der Waals surface area contributed by atoms with Crippen molar-refractivity contribution in [1.29, 1.82) is 0 Å². The lowest BCUT2D eigenvalue weighted by atomic mass is 10.2. The average Bonchev–Trinajstić information content (AvgIpc) is 3.02. The summed E-state index contributed by atoms with van der Waals surface area (Å²) in [5.74, 6) is 1.04. The van der Waals surface area contributed by atoms with Crippen molar-refractivity contribution in [3.63, 3.8) is 0 Å². The molecule has 0 spiro atoms. The van der Waals surface area contributed by atoms with Crippen molar-refractivity contribution in [1.82, 2.24) is 14.5 Å². The van der Waals surface area contributed by atoms with E-state index in [1.165, 1.54) is 0 Å². The molecule has 21 heavy (non-hydrogen) atoms. The van der Waals surface area contributed by atoms with Gasteiger partial charge in [-0.05, 0) is 37.3 Å². The molecule has 1 atom stereocenters. The maximum Gasteiger partial charge on any atom is 0.220 e. The Morgan fingerprint density at radius 2 is 1.86 bits per heavy atom. The highest BCUT2D eigenvalue weighted by Crippen LogP contribution is 2.27. The van der Waals surface area contributed by atoms with Crippen LogP contribution in [0.1, 0.15) is 18.7 Å². The van der Waals surface area contributed by atoms with E-state index in [1.807, 2.05) is 60.3 Å². The third-order valence-corrected chi connectivity index (χ3v) is 3.16. The van der Waals surface area contributed by atoms with Crippen LogP contribution in [0.4, 0.5) is 5.95 Å². The molecule has 0 unspecified atom stereocenters. The number of hydrogen-bond acceptors (Lipinski definition) is 4. The van der Waals surface area contributed by atoms with Crippen LogP contribution in [-0.4, -0.2) is 14.5 Å². The number of nitrogen functional groups attached to an aromatic ring is 1. The van der Waals surface area contributed by atoms with Gasteiger partial charge in [-0.1, -0.05) is 12.1 Å². The van der Waals surface area contributed by atoms with Crippen LogP contribution in [0.2, 0.25) is 0 Å². The zero-order chi connectivity index (χ0) is 14.7. The number of nitrogens with two attached hydrogens (primary N) is 1. The van der Waals surface area contributed by atoms with Gasteiger partial charge in [-0.3, -0.25) is 0 Å². The minimum Gasteiger partial charge on any atom is -0.482 e. The van der Waals surface area contributed by atoms with Gasteiger partial charge in [0.2, 0.25) is 5.95 Å². The number of para-hydroxylation sites is 2. The molecular weight excluding hydrogens is 264 g/mol. The molecule has 3 aromatic rings. The minimum atomic E-state index is -0.216. The van der Waals surface area contributed by atoms with Crippen molar-refractivity contribution < 1.29 is 4.74 Å². The maximum absolute atomic E-state index is 6.04. The van der Waals surface area contributed by atoms with Gasteiger partial charge >= 0.3 is 0 Å². The molecule has 0 radical (unpaired) electrons. The summed E-state index contributed by atoms with van der Waals surface area (Å²) >= 11 is 0. The number of anilines is 1. The Morgan fingerprint density at radius 3 is 2.62 bits per heavy atom.